The summed E-state index contributed by atoms with van der Waals surface area (Å²) in [4.78, 5) is 2.20. The number of aryl methyl sites for hydroxylation is 1. The maximum absolute atomic E-state index is 10.3. The van der Waals surface area contributed by atoms with Crippen molar-refractivity contribution in [3.63, 3.8) is 0 Å². The highest BCUT2D eigenvalue weighted by Gasteiger charge is 2.24. The van der Waals surface area contributed by atoms with Gasteiger partial charge in [0.2, 0.25) is 0 Å². The number of rotatable bonds is 11. The van der Waals surface area contributed by atoms with Gasteiger partial charge in [0.15, 0.2) is 0 Å². The van der Waals surface area contributed by atoms with E-state index in [4.69, 9.17) is 25.8 Å². The molecule has 2 N–H and O–H groups in total. The first-order valence-electron chi connectivity index (χ1n) is 11.5. The number of hydrogen-bond donors (Lipinski definition) is 2. The predicted molar refractivity (Wildman–Crippen MR) is 131 cm³/mol. The minimum Gasteiger partial charge on any atom is -0.491 e. The second-order valence-corrected chi connectivity index (χ2v) is 9.44. The Balaban J connectivity index is 1.57. The van der Waals surface area contributed by atoms with E-state index in [1.807, 2.05) is 25.1 Å². The Bertz CT molecular complexity index is 867. The zero-order valence-corrected chi connectivity index (χ0v) is 20.6. The van der Waals surface area contributed by atoms with Gasteiger partial charge in [-0.3, -0.25) is 4.90 Å². The lowest BCUT2D eigenvalue weighted by Gasteiger charge is -2.28. The Morgan fingerprint density at radius 1 is 0.970 bits per heavy atom. The zero-order valence-electron chi connectivity index (χ0n) is 19.8. The van der Waals surface area contributed by atoms with E-state index >= 15 is 0 Å². The second-order valence-electron chi connectivity index (χ2n) is 9.13. The Hall–Kier alpha value is -1.83. The van der Waals surface area contributed by atoms with Crippen molar-refractivity contribution in [2.75, 3.05) is 51.9 Å². The number of aliphatic hydroxyl groups is 2. The molecule has 1 heterocycles. The summed E-state index contributed by atoms with van der Waals surface area (Å²) in [6, 6.07) is 14.2. The molecular weight excluding hydrogens is 442 g/mol. The van der Waals surface area contributed by atoms with Crippen molar-refractivity contribution in [3.8, 4) is 11.5 Å². The quantitative estimate of drug-likeness (QED) is 0.483. The molecule has 3 rings (SSSR count). The number of aliphatic hydroxyl groups excluding tert-OH is 2. The van der Waals surface area contributed by atoms with Crippen LogP contribution in [0.2, 0.25) is 0 Å². The average molecular weight is 478 g/mol. The van der Waals surface area contributed by atoms with Crippen molar-refractivity contribution >= 4 is 11.6 Å². The number of halogens is 1. The molecule has 0 amide bonds. The van der Waals surface area contributed by atoms with Gasteiger partial charge in [-0.05, 0) is 41.8 Å². The number of nitrogens with zero attached hydrogens (tertiary/aromatic N) is 1. The molecule has 0 spiro atoms. The fourth-order valence-electron chi connectivity index (χ4n) is 3.89. The largest absolute Gasteiger partial charge is 0.491 e. The molecule has 2 unspecified atom stereocenters. The van der Waals surface area contributed by atoms with Crippen molar-refractivity contribution in [3.05, 3.63) is 59.2 Å². The van der Waals surface area contributed by atoms with E-state index in [2.05, 4.69) is 43.0 Å². The Labute approximate surface area is 202 Å². The van der Waals surface area contributed by atoms with Gasteiger partial charge in [-0.25, -0.2) is 0 Å². The first-order chi connectivity index (χ1) is 15.8. The minimum absolute atomic E-state index is 0.150. The van der Waals surface area contributed by atoms with Crippen LogP contribution in [-0.4, -0.2) is 79.3 Å². The molecule has 2 atom stereocenters. The third-order valence-electron chi connectivity index (χ3n) is 6.10. The summed E-state index contributed by atoms with van der Waals surface area (Å²) < 4.78 is 16.9. The Morgan fingerprint density at radius 3 is 2.24 bits per heavy atom. The Morgan fingerprint density at radius 2 is 1.61 bits per heavy atom. The molecule has 2 aromatic rings. The SMILES string of the molecule is Cc1cc(C(C)(C)c2ccc(OCC(O)CN3CCOCC3)cc2)ccc1OCC(O)CCl. The standard InChI is InChI=1S/C26H36ClNO5/c1-19-14-21(6-9-25(19)33-17-22(29)15-27)26(2,3)20-4-7-24(8-5-20)32-18-23(30)16-28-10-12-31-13-11-28/h4-9,14,22-23,29-30H,10-13,15-18H2,1-3H3. The van der Waals surface area contributed by atoms with Crippen LogP contribution in [0.15, 0.2) is 42.5 Å². The fourth-order valence-corrected chi connectivity index (χ4v) is 3.98. The van der Waals surface area contributed by atoms with E-state index in [1.54, 1.807) is 0 Å². The summed E-state index contributed by atoms with van der Waals surface area (Å²) in [5.74, 6) is 1.64. The van der Waals surface area contributed by atoms with Gasteiger partial charge in [-0.15, -0.1) is 11.6 Å². The van der Waals surface area contributed by atoms with Gasteiger partial charge < -0.3 is 24.4 Å². The topological polar surface area (TPSA) is 71.4 Å². The van der Waals surface area contributed by atoms with Gasteiger partial charge in [-0.2, -0.15) is 0 Å². The zero-order chi connectivity index (χ0) is 23.8. The molecule has 1 aliphatic heterocycles. The first-order valence-corrected chi connectivity index (χ1v) is 12.0. The summed E-state index contributed by atoms with van der Waals surface area (Å²) in [5, 5.41) is 19.9. The predicted octanol–water partition coefficient (Wildman–Crippen LogP) is 3.37. The van der Waals surface area contributed by atoms with E-state index in [0.717, 1.165) is 48.9 Å². The van der Waals surface area contributed by atoms with Crippen LogP contribution in [0, 0.1) is 6.92 Å². The summed E-state index contributed by atoms with van der Waals surface area (Å²) in [6.07, 6.45) is -1.21. The number of alkyl halides is 1. The average Bonchev–Trinajstić information content (AvgIpc) is 2.82. The van der Waals surface area contributed by atoms with Crippen LogP contribution in [0.5, 0.6) is 11.5 Å². The molecule has 0 aliphatic carbocycles. The third kappa shape index (κ3) is 7.33. The molecule has 1 saturated heterocycles. The summed E-state index contributed by atoms with van der Waals surface area (Å²) in [5.41, 5.74) is 3.12. The molecule has 33 heavy (non-hydrogen) atoms. The second kappa shape index (κ2) is 12.0. The third-order valence-corrected chi connectivity index (χ3v) is 6.45. The van der Waals surface area contributed by atoms with Gasteiger partial charge in [0.1, 0.15) is 36.9 Å². The molecule has 7 heteroatoms. The van der Waals surface area contributed by atoms with Crippen LogP contribution in [-0.2, 0) is 10.2 Å². The van der Waals surface area contributed by atoms with Crippen molar-refractivity contribution in [2.45, 2.75) is 38.4 Å². The van der Waals surface area contributed by atoms with Crippen molar-refractivity contribution < 1.29 is 24.4 Å². The highest BCUT2D eigenvalue weighted by molar-refractivity contribution is 6.18. The first kappa shape index (κ1) is 25.8. The maximum Gasteiger partial charge on any atom is 0.122 e. The van der Waals surface area contributed by atoms with Crippen LogP contribution in [0.4, 0.5) is 0 Å². The monoisotopic (exact) mass is 477 g/mol. The molecule has 182 valence electrons. The van der Waals surface area contributed by atoms with Crippen molar-refractivity contribution in [1.29, 1.82) is 0 Å². The number of β-amino-alcohol motifs (C(OH)–C–C–N with tert-alkyl or cyclic N) is 1. The van der Waals surface area contributed by atoms with Crippen molar-refractivity contribution in [1.82, 2.24) is 4.90 Å². The molecule has 6 nitrogen and oxygen atoms in total. The lowest BCUT2D eigenvalue weighted by Crippen LogP contribution is -2.42. The van der Waals surface area contributed by atoms with Crippen LogP contribution in [0.1, 0.15) is 30.5 Å². The normalized spacial score (nSPS) is 16.9. The summed E-state index contributed by atoms with van der Waals surface area (Å²) in [6.45, 7) is 10.5. The van der Waals surface area contributed by atoms with Crippen LogP contribution < -0.4 is 9.47 Å². The fraction of sp³-hybridized carbons (Fsp3) is 0.538. The summed E-state index contributed by atoms with van der Waals surface area (Å²) in [7, 11) is 0. The summed E-state index contributed by atoms with van der Waals surface area (Å²) >= 11 is 5.64. The van der Waals surface area contributed by atoms with Gasteiger partial charge in [0.05, 0.1) is 19.1 Å². The van der Waals surface area contributed by atoms with Gasteiger partial charge in [-0.1, -0.05) is 38.1 Å². The smallest absolute Gasteiger partial charge is 0.122 e. The lowest BCUT2D eigenvalue weighted by molar-refractivity contribution is 0.00465. The lowest BCUT2D eigenvalue weighted by atomic mass is 9.77. The number of hydrogen-bond acceptors (Lipinski definition) is 6. The van der Waals surface area contributed by atoms with E-state index in [-0.39, 0.29) is 24.5 Å². The van der Waals surface area contributed by atoms with E-state index in [9.17, 15) is 10.2 Å². The maximum atomic E-state index is 10.3. The highest BCUT2D eigenvalue weighted by atomic mass is 35.5. The molecule has 1 aliphatic rings. The van der Waals surface area contributed by atoms with E-state index < -0.39 is 12.2 Å². The minimum atomic E-state index is -0.677. The molecule has 0 radical (unpaired) electrons. The van der Waals surface area contributed by atoms with Gasteiger partial charge >= 0.3 is 0 Å². The molecule has 0 bridgehead atoms. The van der Waals surface area contributed by atoms with Crippen LogP contribution >= 0.6 is 11.6 Å². The van der Waals surface area contributed by atoms with Crippen molar-refractivity contribution in [2.24, 2.45) is 0 Å². The molecule has 0 aromatic heterocycles. The number of ether oxygens (including phenoxy) is 3. The molecule has 0 saturated carbocycles. The van der Waals surface area contributed by atoms with E-state index in [0.29, 0.717) is 6.54 Å². The highest BCUT2D eigenvalue weighted by Crippen LogP contribution is 2.34. The van der Waals surface area contributed by atoms with Crippen LogP contribution in [0.3, 0.4) is 0 Å². The van der Waals surface area contributed by atoms with Gasteiger partial charge in [0.25, 0.3) is 0 Å². The number of morpholine rings is 1. The van der Waals surface area contributed by atoms with Gasteiger partial charge in [0, 0.05) is 25.0 Å². The molecule has 1 fully saturated rings. The molecular formula is C26H36ClNO5. The Kier molecular flexibility index (Phi) is 9.41. The van der Waals surface area contributed by atoms with Crippen LogP contribution in [0.25, 0.3) is 0 Å². The van der Waals surface area contributed by atoms with E-state index in [1.165, 1.54) is 5.56 Å². The molecule has 2 aromatic carbocycles. The number of benzene rings is 2.